The summed E-state index contributed by atoms with van der Waals surface area (Å²) < 4.78 is 10.1. The number of carboxylic acid groups (broad SMARTS) is 1. The second-order valence-corrected chi connectivity index (χ2v) is 5.83. The van der Waals surface area contributed by atoms with Crippen LogP contribution >= 0.6 is 0 Å². The Morgan fingerprint density at radius 1 is 1.00 bits per heavy atom. The van der Waals surface area contributed by atoms with Gasteiger partial charge in [-0.3, -0.25) is 9.59 Å². The zero-order valence-corrected chi connectivity index (χ0v) is 14.6. The number of hydrogen-bond acceptors (Lipinski definition) is 5. The molecule has 0 aliphatic carbocycles. The molecule has 0 aromatic rings. The van der Waals surface area contributed by atoms with Crippen molar-refractivity contribution >= 4 is 17.9 Å². The molecule has 0 aliphatic heterocycles. The number of ether oxygens (including phenoxy) is 2. The zero-order chi connectivity index (χ0) is 18.2. The van der Waals surface area contributed by atoms with Crippen LogP contribution in [0.1, 0.15) is 71.1 Å². The fourth-order valence-corrected chi connectivity index (χ4v) is 2.19. The van der Waals surface area contributed by atoms with Crippen LogP contribution in [0.4, 0.5) is 0 Å². The van der Waals surface area contributed by atoms with Crippen LogP contribution in [0.3, 0.4) is 0 Å². The number of rotatable bonds is 15. The normalized spacial score (nSPS) is 11.5. The molecule has 0 fully saturated rings. The maximum Gasteiger partial charge on any atom is 0.330 e. The lowest BCUT2D eigenvalue weighted by Gasteiger charge is -2.11. The molecular weight excluding hydrogens is 312 g/mol. The predicted molar refractivity (Wildman–Crippen MR) is 90.5 cm³/mol. The number of esters is 2. The standard InChI is InChI=1S/C18H30O6/c1-3-17(21)24-15(2)11-10-14-23-18(22)13-9-7-5-4-6-8-12-16(19)20/h3,15H,1,4-14H2,2H3,(H,19,20). The van der Waals surface area contributed by atoms with E-state index in [-0.39, 0.29) is 18.5 Å². The van der Waals surface area contributed by atoms with Gasteiger partial charge in [0, 0.05) is 18.9 Å². The predicted octanol–water partition coefficient (Wildman–Crippen LogP) is 3.63. The Hall–Kier alpha value is -1.85. The molecule has 0 saturated carbocycles. The molecule has 0 amide bonds. The molecular formula is C18H30O6. The third kappa shape index (κ3) is 15.1. The molecule has 1 N–H and O–H groups in total. The van der Waals surface area contributed by atoms with E-state index in [1.807, 2.05) is 0 Å². The van der Waals surface area contributed by atoms with Crippen molar-refractivity contribution < 1.29 is 29.0 Å². The Morgan fingerprint density at radius 3 is 2.17 bits per heavy atom. The Morgan fingerprint density at radius 2 is 1.58 bits per heavy atom. The summed E-state index contributed by atoms with van der Waals surface area (Å²) in [5, 5.41) is 8.51. The molecule has 0 aromatic carbocycles. The first kappa shape index (κ1) is 22.1. The van der Waals surface area contributed by atoms with Gasteiger partial charge >= 0.3 is 17.9 Å². The Bertz CT molecular complexity index is 391. The van der Waals surface area contributed by atoms with Crippen molar-refractivity contribution in [1.82, 2.24) is 0 Å². The average molecular weight is 342 g/mol. The van der Waals surface area contributed by atoms with Crippen LogP contribution in [0.5, 0.6) is 0 Å². The highest BCUT2D eigenvalue weighted by molar-refractivity contribution is 5.81. The summed E-state index contributed by atoms with van der Waals surface area (Å²) >= 11 is 0. The first-order chi connectivity index (χ1) is 11.5. The molecule has 0 spiro atoms. The topological polar surface area (TPSA) is 89.9 Å². The summed E-state index contributed by atoms with van der Waals surface area (Å²) in [6.07, 6.45) is 8.27. The first-order valence-corrected chi connectivity index (χ1v) is 8.66. The molecule has 0 aromatic heterocycles. The highest BCUT2D eigenvalue weighted by Crippen LogP contribution is 2.09. The molecule has 1 atom stereocenters. The van der Waals surface area contributed by atoms with Crippen molar-refractivity contribution in [3.63, 3.8) is 0 Å². The van der Waals surface area contributed by atoms with E-state index in [0.29, 0.717) is 25.9 Å². The zero-order valence-electron chi connectivity index (χ0n) is 14.6. The lowest BCUT2D eigenvalue weighted by Crippen LogP contribution is -2.14. The molecule has 0 rings (SSSR count). The molecule has 6 nitrogen and oxygen atoms in total. The van der Waals surface area contributed by atoms with Crippen LogP contribution < -0.4 is 0 Å². The van der Waals surface area contributed by atoms with Gasteiger partial charge in [-0.25, -0.2) is 4.79 Å². The Balaban J connectivity index is 3.39. The van der Waals surface area contributed by atoms with Gasteiger partial charge in [0.05, 0.1) is 12.7 Å². The van der Waals surface area contributed by atoms with E-state index >= 15 is 0 Å². The number of carbonyl (C=O) groups excluding carboxylic acids is 2. The van der Waals surface area contributed by atoms with E-state index in [1.165, 1.54) is 0 Å². The lowest BCUT2D eigenvalue weighted by molar-refractivity contribution is -0.146. The minimum absolute atomic E-state index is 0.198. The molecule has 1 unspecified atom stereocenters. The van der Waals surface area contributed by atoms with Gasteiger partial charge in [-0.2, -0.15) is 0 Å². The first-order valence-electron chi connectivity index (χ1n) is 8.66. The van der Waals surface area contributed by atoms with Gasteiger partial charge in [-0.15, -0.1) is 0 Å². The van der Waals surface area contributed by atoms with Crippen molar-refractivity contribution in [2.24, 2.45) is 0 Å². The van der Waals surface area contributed by atoms with Gasteiger partial charge in [-0.05, 0) is 32.6 Å². The maximum atomic E-state index is 11.5. The van der Waals surface area contributed by atoms with Crippen molar-refractivity contribution in [1.29, 1.82) is 0 Å². The second-order valence-electron chi connectivity index (χ2n) is 5.83. The molecule has 138 valence electrons. The van der Waals surface area contributed by atoms with E-state index in [9.17, 15) is 14.4 Å². The largest absolute Gasteiger partial charge is 0.481 e. The van der Waals surface area contributed by atoms with Gasteiger partial charge in [0.15, 0.2) is 0 Å². The number of unbranched alkanes of at least 4 members (excludes halogenated alkanes) is 5. The summed E-state index contributed by atoms with van der Waals surface area (Å²) in [6, 6.07) is 0. The Kier molecular flexibility index (Phi) is 13.6. The average Bonchev–Trinajstić information content (AvgIpc) is 2.53. The van der Waals surface area contributed by atoms with E-state index in [0.717, 1.165) is 44.6 Å². The second kappa shape index (κ2) is 14.7. The van der Waals surface area contributed by atoms with Gasteiger partial charge in [0.25, 0.3) is 0 Å². The summed E-state index contributed by atoms with van der Waals surface area (Å²) in [7, 11) is 0. The fraction of sp³-hybridized carbons (Fsp3) is 0.722. The van der Waals surface area contributed by atoms with Gasteiger partial charge < -0.3 is 14.6 Å². The molecule has 0 bridgehead atoms. The third-order valence-electron chi connectivity index (χ3n) is 3.52. The van der Waals surface area contributed by atoms with Gasteiger partial charge in [0.2, 0.25) is 0 Å². The number of carbonyl (C=O) groups is 3. The van der Waals surface area contributed by atoms with Crippen LogP contribution in [0.25, 0.3) is 0 Å². The smallest absolute Gasteiger partial charge is 0.330 e. The monoisotopic (exact) mass is 342 g/mol. The summed E-state index contributed by atoms with van der Waals surface area (Å²) in [4.78, 5) is 32.8. The summed E-state index contributed by atoms with van der Waals surface area (Å²) in [5.41, 5.74) is 0. The Labute approximate surface area is 144 Å². The van der Waals surface area contributed by atoms with Crippen molar-refractivity contribution in [3.05, 3.63) is 12.7 Å². The lowest BCUT2D eigenvalue weighted by atomic mass is 10.1. The molecule has 24 heavy (non-hydrogen) atoms. The summed E-state index contributed by atoms with van der Waals surface area (Å²) in [5.74, 6) is -1.38. The van der Waals surface area contributed by atoms with Crippen molar-refractivity contribution in [2.75, 3.05) is 6.61 Å². The minimum Gasteiger partial charge on any atom is -0.481 e. The van der Waals surface area contributed by atoms with E-state index in [1.54, 1.807) is 6.92 Å². The van der Waals surface area contributed by atoms with E-state index in [4.69, 9.17) is 14.6 Å². The molecule has 0 aliphatic rings. The summed E-state index contributed by atoms with van der Waals surface area (Å²) in [6.45, 7) is 5.46. The van der Waals surface area contributed by atoms with Crippen LogP contribution in [-0.4, -0.2) is 35.7 Å². The van der Waals surface area contributed by atoms with Crippen LogP contribution in [0, 0.1) is 0 Å². The highest BCUT2D eigenvalue weighted by atomic mass is 16.5. The van der Waals surface area contributed by atoms with Crippen molar-refractivity contribution in [3.8, 4) is 0 Å². The molecule has 0 heterocycles. The molecule has 6 heteroatoms. The molecule has 0 radical (unpaired) electrons. The third-order valence-corrected chi connectivity index (χ3v) is 3.52. The van der Waals surface area contributed by atoms with E-state index < -0.39 is 11.9 Å². The molecule has 0 saturated heterocycles. The number of carboxylic acids is 1. The maximum absolute atomic E-state index is 11.5. The van der Waals surface area contributed by atoms with Crippen LogP contribution in [0.2, 0.25) is 0 Å². The van der Waals surface area contributed by atoms with E-state index in [2.05, 4.69) is 6.58 Å². The van der Waals surface area contributed by atoms with Gasteiger partial charge in [-0.1, -0.05) is 32.3 Å². The number of hydrogen-bond donors (Lipinski definition) is 1. The highest BCUT2D eigenvalue weighted by Gasteiger charge is 2.07. The quantitative estimate of drug-likeness (QED) is 0.278. The number of aliphatic carboxylic acids is 1. The van der Waals surface area contributed by atoms with Gasteiger partial charge in [0.1, 0.15) is 0 Å². The van der Waals surface area contributed by atoms with Crippen LogP contribution in [0.15, 0.2) is 12.7 Å². The SMILES string of the molecule is C=CC(=O)OC(C)CCCOC(=O)CCCCCCCCC(=O)O. The van der Waals surface area contributed by atoms with Crippen LogP contribution in [-0.2, 0) is 23.9 Å². The minimum atomic E-state index is -0.744. The fourth-order valence-electron chi connectivity index (χ4n) is 2.19. The van der Waals surface area contributed by atoms with Crippen molar-refractivity contribution in [2.45, 2.75) is 77.2 Å².